The molecule has 0 amide bonds. The summed E-state index contributed by atoms with van der Waals surface area (Å²) in [5.41, 5.74) is 0.682. The standard InChI is InChI=1S/C19H36N2/c1-3-17-13-20-18(16-9-6-5-7-10-16)14-21(17)15-19(4-2)11-8-12-19/h16-18,20H,3-15H2,1-2H3. The first kappa shape index (κ1) is 15.8. The molecule has 0 aromatic heterocycles. The number of piperazine rings is 1. The summed E-state index contributed by atoms with van der Waals surface area (Å²) in [7, 11) is 0. The van der Waals surface area contributed by atoms with Crippen molar-refractivity contribution in [1.82, 2.24) is 10.2 Å². The van der Waals surface area contributed by atoms with Crippen LogP contribution in [0.3, 0.4) is 0 Å². The number of rotatable bonds is 5. The van der Waals surface area contributed by atoms with Crippen LogP contribution in [0.15, 0.2) is 0 Å². The molecule has 0 spiro atoms. The van der Waals surface area contributed by atoms with Crippen LogP contribution < -0.4 is 5.32 Å². The van der Waals surface area contributed by atoms with Crippen LogP contribution >= 0.6 is 0 Å². The molecule has 3 rings (SSSR count). The van der Waals surface area contributed by atoms with Gasteiger partial charge in [-0.05, 0) is 49.9 Å². The van der Waals surface area contributed by atoms with E-state index in [1.807, 2.05) is 0 Å². The van der Waals surface area contributed by atoms with E-state index >= 15 is 0 Å². The van der Waals surface area contributed by atoms with Gasteiger partial charge in [0.2, 0.25) is 0 Å². The predicted molar refractivity (Wildman–Crippen MR) is 90.6 cm³/mol. The van der Waals surface area contributed by atoms with Gasteiger partial charge in [0.15, 0.2) is 0 Å². The van der Waals surface area contributed by atoms with Crippen molar-refractivity contribution in [2.24, 2.45) is 11.3 Å². The molecule has 3 fully saturated rings. The summed E-state index contributed by atoms with van der Waals surface area (Å²) in [6.45, 7) is 8.73. The highest BCUT2D eigenvalue weighted by Gasteiger charge is 2.40. The molecule has 0 aromatic rings. The first-order valence-corrected chi connectivity index (χ1v) is 9.74. The normalized spacial score (nSPS) is 34.6. The summed E-state index contributed by atoms with van der Waals surface area (Å²) in [6, 6.07) is 1.57. The lowest BCUT2D eigenvalue weighted by atomic mass is 9.66. The molecule has 1 saturated heterocycles. The van der Waals surface area contributed by atoms with Gasteiger partial charge in [0, 0.05) is 31.7 Å². The van der Waals surface area contributed by atoms with E-state index in [1.54, 1.807) is 0 Å². The number of hydrogen-bond acceptors (Lipinski definition) is 2. The summed E-state index contributed by atoms with van der Waals surface area (Å²) < 4.78 is 0. The third-order valence-electron chi connectivity index (χ3n) is 6.96. The fraction of sp³-hybridized carbons (Fsp3) is 1.00. The molecular weight excluding hydrogens is 256 g/mol. The predicted octanol–water partition coefficient (Wildman–Crippen LogP) is 4.20. The average molecular weight is 293 g/mol. The zero-order valence-electron chi connectivity index (χ0n) is 14.4. The number of nitrogens with one attached hydrogen (secondary N) is 1. The van der Waals surface area contributed by atoms with Gasteiger partial charge in [0.05, 0.1) is 0 Å². The van der Waals surface area contributed by atoms with Crippen molar-refractivity contribution >= 4 is 0 Å². The minimum atomic E-state index is 0.682. The number of hydrogen-bond donors (Lipinski definition) is 1. The Morgan fingerprint density at radius 1 is 1.05 bits per heavy atom. The SMILES string of the molecule is CCC1CNC(C2CCCCC2)CN1CC1(CC)CCC1. The molecule has 2 nitrogen and oxygen atoms in total. The lowest BCUT2D eigenvalue weighted by Gasteiger charge is -2.50. The van der Waals surface area contributed by atoms with Crippen LogP contribution in [0, 0.1) is 11.3 Å². The summed E-state index contributed by atoms with van der Waals surface area (Å²) in [4.78, 5) is 2.89. The quantitative estimate of drug-likeness (QED) is 0.817. The van der Waals surface area contributed by atoms with Crippen molar-refractivity contribution in [2.45, 2.75) is 90.1 Å². The highest BCUT2D eigenvalue weighted by Crippen LogP contribution is 2.45. The molecule has 21 heavy (non-hydrogen) atoms. The average Bonchev–Trinajstić information content (AvgIpc) is 2.51. The van der Waals surface area contributed by atoms with Crippen LogP contribution in [0.1, 0.15) is 78.1 Å². The fourth-order valence-electron chi connectivity index (χ4n) is 5.06. The molecule has 2 saturated carbocycles. The largest absolute Gasteiger partial charge is 0.311 e. The Balaban J connectivity index is 1.61. The molecule has 3 aliphatic rings. The molecule has 0 bridgehead atoms. The third kappa shape index (κ3) is 3.47. The van der Waals surface area contributed by atoms with Gasteiger partial charge in [0.25, 0.3) is 0 Å². The Labute approximate surface area is 132 Å². The van der Waals surface area contributed by atoms with Gasteiger partial charge >= 0.3 is 0 Å². The van der Waals surface area contributed by atoms with Gasteiger partial charge in [0.1, 0.15) is 0 Å². The Hall–Kier alpha value is -0.0800. The topological polar surface area (TPSA) is 15.3 Å². The van der Waals surface area contributed by atoms with E-state index < -0.39 is 0 Å². The lowest BCUT2D eigenvalue weighted by Crippen LogP contribution is -2.61. The van der Waals surface area contributed by atoms with E-state index in [-0.39, 0.29) is 0 Å². The van der Waals surface area contributed by atoms with Crippen molar-refractivity contribution in [3.8, 4) is 0 Å². The molecule has 2 atom stereocenters. The minimum Gasteiger partial charge on any atom is -0.311 e. The smallest absolute Gasteiger partial charge is 0.0224 e. The first-order chi connectivity index (χ1) is 10.3. The summed E-state index contributed by atoms with van der Waals surface area (Å²) in [6.07, 6.45) is 14.5. The van der Waals surface area contributed by atoms with Gasteiger partial charge in [-0.3, -0.25) is 4.90 Å². The summed E-state index contributed by atoms with van der Waals surface area (Å²) in [5, 5.41) is 3.92. The summed E-state index contributed by atoms with van der Waals surface area (Å²) >= 11 is 0. The van der Waals surface area contributed by atoms with E-state index in [4.69, 9.17) is 0 Å². The van der Waals surface area contributed by atoms with Crippen LogP contribution in [-0.2, 0) is 0 Å². The third-order valence-corrected chi connectivity index (χ3v) is 6.96. The molecule has 122 valence electrons. The molecule has 1 aliphatic heterocycles. The zero-order valence-corrected chi connectivity index (χ0v) is 14.4. The van der Waals surface area contributed by atoms with E-state index in [0.29, 0.717) is 5.41 Å². The minimum absolute atomic E-state index is 0.682. The monoisotopic (exact) mass is 292 g/mol. The molecule has 2 heteroatoms. The van der Waals surface area contributed by atoms with Crippen LogP contribution in [0.25, 0.3) is 0 Å². The molecule has 1 heterocycles. The van der Waals surface area contributed by atoms with Crippen molar-refractivity contribution < 1.29 is 0 Å². The highest BCUT2D eigenvalue weighted by molar-refractivity contribution is 4.95. The van der Waals surface area contributed by atoms with E-state index in [2.05, 4.69) is 24.1 Å². The van der Waals surface area contributed by atoms with E-state index in [0.717, 1.165) is 18.0 Å². The van der Waals surface area contributed by atoms with Gasteiger partial charge in [-0.25, -0.2) is 0 Å². The first-order valence-electron chi connectivity index (χ1n) is 9.74. The second-order valence-electron chi connectivity index (χ2n) is 8.11. The van der Waals surface area contributed by atoms with E-state index in [1.165, 1.54) is 83.8 Å². The maximum atomic E-state index is 3.92. The zero-order chi connectivity index (χ0) is 14.7. The van der Waals surface area contributed by atoms with Crippen molar-refractivity contribution in [3.05, 3.63) is 0 Å². The van der Waals surface area contributed by atoms with Crippen molar-refractivity contribution in [2.75, 3.05) is 19.6 Å². The molecule has 1 N–H and O–H groups in total. The fourth-order valence-corrected chi connectivity index (χ4v) is 5.06. The molecule has 2 aliphatic carbocycles. The Morgan fingerprint density at radius 3 is 2.38 bits per heavy atom. The Morgan fingerprint density at radius 2 is 1.81 bits per heavy atom. The molecular formula is C19H36N2. The Kier molecular flexibility index (Phi) is 5.27. The maximum absolute atomic E-state index is 3.92. The molecule has 2 unspecified atom stereocenters. The van der Waals surface area contributed by atoms with Crippen LogP contribution in [0.5, 0.6) is 0 Å². The van der Waals surface area contributed by atoms with Crippen LogP contribution in [-0.4, -0.2) is 36.6 Å². The van der Waals surface area contributed by atoms with Crippen molar-refractivity contribution in [3.63, 3.8) is 0 Å². The van der Waals surface area contributed by atoms with Gasteiger partial charge in [-0.2, -0.15) is 0 Å². The maximum Gasteiger partial charge on any atom is 0.0224 e. The van der Waals surface area contributed by atoms with E-state index in [9.17, 15) is 0 Å². The summed E-state index contributed by atoms with van der Waals surface area (Å²) in [5.74, 6) is 0.957. The Bertz CT molecular complexity index is 312. The second kappa shape index (κ2) is 7.00. The lowest BCUT2D eigenvalue weighted by molar-refractivity contribution is 0.0102. The van der Waals surface area contributed by atoms with Gasteiger partial charge < -0.3 is 5.32 Å². The highest BCUT2D eigenvalue weighted by atomic mass is 15.2. The van der Waals surface area contributed by atoms with Crippen molar-refractivity contribution in [1.29, 1.82) is 0 Å². The molecule has 0 aromatic carbocycles. The second-order valence-corrected chi connectivity index (χ2v) is 8.11. The molecule has 0 radical (unpaired) electrons. The van der Waals surface area contributed by atoms with Crippen LogP contribution in [0.4, 0.5) is 0 Å². The number of nitrogens with zero attached hydrogens (tertiary/aromatic N) is 1. The van der Waals surface area contributed by atoms with Crippen LogP contribution in [0.2, 0.25) is 0 Å². The van der Waals surface area contributed by atoms with Gasteiger partial charge in [-0.15, -0.1) is 0 Å². The van der Waals surface area contributed by atoms with Gasteiger partial charge in [-0.1, -0.05) is 39.5 Å².